The van der Waals surface area contributed by atoms with E-state index in [0.717, 1.165) is 31.4 Å². The van der Waals surface area contributed by atoms with Crippen molar-refractivity contribution in [3.05, 3.63) is 54.6 Å². The van der Waals surface area contributed by atoms with Gasteiger partial charge in [-0.3, -0.25) is 9.59 Å². The average molecular weight is 418 g/mol. The van der Waals surface area contributed by atoms with Crippen molar-refractivity contribution >= 4 is 35.6 Å². The summed E-state index contributed by atoms with van der Waals surface area (Å²) in [7, 11) is 0. The fourth-order valence-corrected chi connectivity index (χ4v) is 3.55. The van der Waals surface area contributed by atoms with E-state index in [2.05, 4.69) is 10.6 Å². The summed E-state index contributed by atoms with van der Waals surface area (Å²) in [5.41, 5.74) is 7.19. The molecular formula is C22H28ClN3O3. The van der Waals surface area contributed by atoms with Gasteiger partial charge in [0.1, 0.15) is 5.75 Å². The summed E-state index contributed by atoms with van der Waals surface area (Å²) in [4.78, 5) is 24.7. The lowest BCUT2D eigenvalue weighted by Gasteiger charge is -2.37. The quantitative estimate of drug-likeness (QED) is 0.662. The fraction of sp³-hybridized carbons (Fsp3) is 0.364. The molecule has 0 aliphatic heterocycles. The van der Waals surface area contributed by atoms with Crippen LogP contribution >= 0.6 is 12.4 Å². The molecule has 2 aromatic rings. The topological polar surface area (TPSA) is 93.5 Å². The molecule has 0 saturated heterocycles. The van der Waals surface area contributed by atoms with Gasteiger partial charge in [-0.25, -0.2) is 0 Å². The van der Waals surface area contributed by atoms with Crippen molar-refractivity contribution in [2.45, 2.75) is 38.1 Å². The zero-order chi connectivity index (χ0) is 20.0. The molecule has 2 atom stereocenters. The molecule has 0 aromatic heterocycles. The van der Waals surface area contributed by atoms with E-state index < -0.39 is 5.54 Å². The first-order chi connectivity index (χ1) is 13.4. The van der Waals surface area contributed by atoms with E-state index in [4.69, 9.17) is 10.5 Å². The van der Waals surface area contributed by atoms with Gasteiger partial charge in [-0.05, 0) is 44.0 Å². The number of nitrogens with two attached hydrogens (primary N) is 1. The number of anilines is 2. The van der Waals surface area contributed by atoms with Crippen molar-refractivity contribution in [2.24, 2.45) is 11.7 Å². The number of rotatable bonds is 6. The summed E-state index contributed by atoms with van der Waals surface area (Å²) in [5, 5.41) is 5.70. The van der Waals surface area contributed by atoms with Crippen LogP contribution in [0.4, 0.5) is 11.4 Å². The number of nitrogens with one attached hydrogen (secondary N) is 2. The number of halogens is 1. The van der Waals surface area contributed by atoms with Gasteiger partial charge in [0.25, 0.3) is 5.91 Å². The molecule has 0 radical (unpaired) electrons. The van der Waals surface area contributed by atoms with E-state index in [1.165, 1.54) is 0 Å². The molecule has 1 saturated carbocycles. The summed E-state index contributed by atoms with van der Waals surface area (Å²) in [5.74, 6) is -0.00643. The van der Waals surface area contributed by atoms with E-state index >= 15 is 0 Å². The average Bonchev–Trinajstić information content (AvgIpc) is 2.67. The van der Waals surface area contributed by atoms with Crippen molar-refractivity contribution in [3.8, 4) is 5.75 Å². The molecule has 3 rings (SSSR count). The van der Waals surface area contributed by atoms with Gasteiger partial charge in [-0.2, -0.15) is 0 Å². The van der Waals surface area contributed by atoms with Crippen LogP contribution in [0.1, 0.15) is 32.6 Å². The third kappa shape index (κ3) is 6.48. The Kier molecular flexibility index (Phi) is 8.05. The molecule has 0 bridgehead atoms. The molecule has 29 heavy (non-hydrogen) atoms. The summed E-state index contributed by atoms with van der Waals surface area (Å²) < 4.78 is 5.56. The van der Waals surface area contributed by atoms with Crippen molar-refractivity contribution in [1.82, 2.24) is 0 Å². The minimum atomic E-state index is -0.480. The summed E-state index contributed by atoms with van der Waals surface area (Å²) in [6.45, 7) is 1.83. The lowest BCUT2D eigenvalue weighted by atomic mass is 9.74. The third-order valence-electron chi connectivity index (χ3n) is 5.10. The number of amides is 2. The molecule has 0 heterocycles. The molecule has 2 unspecified atom stereocenters. The standard InChI is InChI=1S/C22H27N3O3.ClH/c1-22(23)13-6-5-12-19(22)21(27)25-17-10-7-11-18(14-17)28-15-20(26)24-16-8-3-2-4-9-16;/h2-4,7-11,14,19H,5-6,12-13,15,23H2,1H3,(H,24,26)(H,25,27);1H. The number of carbonyl (C=O) groups excluding carboxylic acids is 2. The van der Waals surface area contributed by atoms with Crippen molar-refractivity contribution < 1.29 is 14.3 Å². The number of ether oxygens (including phenoxy) is 1. The second-order valence-electron chi connectivity index (χ2n) is 7.52. The zero-order valence-corrected chi connectivity index (χ0v) is 17.3. The molecule has 7 heteroatoms. The first kappa shape index (κ1) is 22.7. The predicted octanol–water partition coefficient (Wildman–Crippen LogP) is 3.97. The molecular weight excluding hydrogens is 390 g/mol. The number of para-hydroxylation sites is 1. The van der Waals surface area contributed by atoms with Gasteiger partial charge >= 0.3 is 0 Å². The molecule has 6 nitrogen and oxygen atoms in total. The third-order valence-corrected chi connectivity index (χ3v) is 5.10. The maximum absolute atomic E-state index is 12.7. The largest absolute Gasteiger partial charge is 0.484 e. The normalized spacial score (nSPS) is 20.8. The van der Waals surface area contributed by atoms with Crippen LogP contribution in [0.3, 0.4) is 0 Å². The maximum atomic E-state index is 12.7. The van der Waals surface area contributed by atoms with Crippen LogP contribution in [0.5, 0.6) is 5.75 Å². The molecule has 1 aliphatic rings. The highest BCUT2D eigenvalue weighted by atomic mass is 35.5. The lowest BCUT2D eigenvalue weighted by molar-refractivity contribution is -0.123. The van der Waals surface area contributed by atoms with E-state index in [1.54, 1.807) is 24.3 Å². The molecule has 4 N–H and O–H groups in total. The van der Waals surface area contributed by atoms with Crippen LogP contribution in [0.25, 0.3) is 0 Å². The number of hydrogen-bond donors (Lipinski definition) is 3. The molecule has 0 spiro atoms. The van der Waals surface area contributed by atoms with Crippen LogP contribution in [0.2, 0.25) is 0 Å². The van der Waals surface area contributed by atoms with Gasteiger partial charge in [-0.15, -0.1) is 12.4 Å². The highest BCUT2D eigenvalue weighted by Gasteiger charge is 2.37. The molecule has 1 fully saturated rings. The highest BCUT2D eigenvalue weighted by Crippen LogP contribution is 2.32. The van der Waals surface area contributed by atoms with Gasteiger partial charge < -0.3 is 21.1 Å². The Balaban J connectivity index is 0.00000300. The zero-order valence-electron chi connectivity index (χ0n) is 16.5. The molecule has 2 amide bonds. The van der Waals surface area contributed by atoms with Crippen LogP contribution in [0.15, 0.2) is 54.6 Å². The van der Waals surface area contributed by atoms with Gasteiger partial charge in [-0.1, -0.05) is 37.1 Å². The van der Waals surface area contributed by atoms with Gasteiger partial charge in [0.15, 0.2) is 6.61 Å². The van der Waals surface area contributed by atoms with Crippen molar-refractivity contribution in [1.29, 1.82) is 0 Å². The maximum Gasteiger partial charge on any atom is 0.262 e. The SMILES string of the molecule is CC1(N)CCCCC1C(=O)Nc1cccc(OCC(=O)Nc2ccccc2)c1.Cl. The minimum Gasteiger partial charge on any atom is -0.484 e. The Morgan fingerprint density at radius 2 is 1.79 bits per heavy atom. The molecule has 1 aliphatic carbocycles. The Bertz CT molecular complexity index is 827. The second kappa shape index (κ2) is 10.3. The van der Waals surface area contributed by atoms with E-state index in [1.807, 2.05) is 37.3 Å². The summed E-state index contributed by atoms with van der Waals surface area (Å²) >= 11 is 0. The predicted molar refractivity (Wildman–Crippen MR) is 117 cm³/mol. The van der Waals surface area contributed by atoms with Gasteiger partial charge in [0.2, 0.25) is 5.91 Å². The second-order valence-corrected chi connectivity index (χ2v) is 7.52. The lowest BCUT2D eigenvalue weighted by Crippen LogP contribution is -2.51. The molecule has 2 aromatic carbocycles. The Morgan fingerprint density at radius 3 is 2.52 bits per heavy atom. The van der Waals surface area contributed by atoms with Crippen LogP contribution in [-0.4, -0.2) is 24.0 Å². The van der Waals surface area contributed by atoms with Crippen molar-refractivity contribution in [2.75, 3.05) is 17.2 Å². The Hall–Kier alpha value is -2.57. The van der Waals surface area contributed by atoms with Crippen LogP contribution in [-0.2, 0) is 9.59 Å². The van der Waals surface area contributed by atoms with E-state index in [0.29, 0.717) is 11.4 Å². The minimum absolute atomic E-state index is 0. The van der Waals surface area contributed by atoms with Gasteiger partial charge in [0, 0.05) is 23.0 Å². The fourth-order valence-electron chi connectivity index (χ4n) is 3.55. The van der Waals surface area contributed by atoms with Gasteiger partial charge in [0.05, 0.1) is 5.92 Å². The Morgan fingerprint density at radius 1 is 1.07 bits per heavy atom. The Labute approximate surface area is 177 Å². The first-order valence-corrected chi connectivity index (χ1v) is 9.61. The molecule has 156 valence electrons. The van der Waals surface area contributed by atoms with Crippen LogP contribution < -0.4 is 21.1 Å². The van der Waals surface area contributed by atoms with Crippen LogP contribution in [0, 0.1) is 5.92 Å². The number of hydrogen-bond acceptors (Lipinski definition) is 4. The van der Waals surface area contributed by atoms with Crippen molar-refractivity contribution in [3.63, 3.8) is 0 Å². The van der Waals surface area contributed by atoms with E-state index in [9.17, 15) is 9.59 Å². The summed E-state index contributed by atoms with van der Waals surface area (Å²) in [6.07, 6.45) is 3.73. The monoisotopic (exact) mass is 417 g/mol. The number of carbonyl (C=O) groups is 2. The number of benzene rings is 2. The summed E-state index contributed by atoms with van der Waals surface area (Å²) in [6, 6.07) is 16.2. The highest BCUT2D eigenvalue weighted by molar-refractivity contribution is 5.94. The first-order valence-electron chi connectivity index (χ1n) is 9.61. The van der Waals surface area contributed by atoms with E-state index in [-0.39, 0.29) is 36.7 Å². The smallest absolute Gasteiger partial charge is 0.262 e.